The standard InChI is InChI=1S/C20H29N7O2/c1-25-9-11-26(12-10-25)14-5-6-16(15(13-14)17(28)29)27-19(22)23-18(21)24-20(27)7-3-2-4-8-20/h5-6,13H,2-4,7-12H2,1H3,(H,28,29)(H4,21,22,23,24). The van der Waals surface area contributed by atoms with Crippen molar-refractivity contribution in [2.75, 3.05) is 43.0 Å². The zero-order valence-corrected chi connectivity index (χ0v) is 16.8. The molecule has 1 spiro atoms. The van der Waals surface area contributed by atoms with Gasteiger partial charge in [-0.3, -0.25) is 4.90 Å². The summed E-state index contributed by atoms with van der Waals surface area (Å²) in [6, 6.07) is 5.56. The number of hydrogen-bond acceptors (Lipinski definition) is 8. The molecular weight excluding hydrogens is 370 g/mol. The lowest BCUT2D eigenvalue weighted by Gasteiger charge is -2.46. The van der Waals surface area contributed by atoms with Gasteiger partial charge in [0.15, 0.2) is 0 Å². The number of carboxylic acids is 1. The molecule has 1 aromatic rings. The SMILES string of the molecule is CN1CCN(c2ccc(N3C(N)=NC(N)=NC34CCCCC4)c(C(=O)O)c2)CC1. The Morgan fingerprint density at radius 3 is 2.45 bits per heavy atom. The fourth-order valence-corrected chi connectivity index (χ4v) is 4.62. The van der Waals surface area contributed by atoms with Crippen LogP contribution in [0.5, 0.6) is 0 Å². The second-order valence-electron chi connectivity index (χ2n) is 8.12. The van der Waals surface area contributed by atoms with Crippen LogP contribution in [0.3, 0.4) is 0 Å². The molecule has 1 aliphatic carbocycles. The number of carbonyl (C=O) groups is 1. The third-order valence-electron chi connectivity index (χ3n) is 6.17. The predicted octanol–water partition coefficient (Wildman–Crippen LogP) is 1.25. The molecule has 9 heteroatoms. The number of aromatic carboxylic acids is 1. The summed E-state index contributed by atoms with van der Waals surface area (Å²) in [5.74, 6) is -0.627. The molecule has 2 fully saturated rings. The smallest absolute Gasteiger partial charge is 0.337 e. The van der Waals surface area contributed by atoms with Crippen molar-refractivity contribution in [3.63, 3.8) is 0 Å². The maximum absolute atomic E-state index is 12.2. The third kappa shape index (κ3) is 3.62. The van der Waals surface area contributed by atoms with Crippen LogP contribution < -0.4 is 21.3 Å². The molecule has 0 amide bonds. The molecule has 2 heterocycles. The zero-order chi connectivity index (χ0) is 20.6. The molecule has 0 unspecified atom stereocenters. The Hall–Kier alpha value is -2.81. The van der Waals surface area contributed by atoms with Crippen LogP contribution >= 0.6 is 0 Å². The average Bonchev–Trinajstić information content (AvgIpc) is 2.68. The monoisotopic (exact) mass is 399 g/mol. The topological polar surface area (TPSA) is 124 Å². The summed E-state index contributed by atoms with van der Waals surface area (Å²) in [6.45, 7) is 3.64. The third-order valence-corrected chi connectivity index (χ3v) is 6.17. The molecule has 0 bridgehead atoms. The predicted molar refractivity (Wildman–Crippen MR) is 115 cm³/mol. The van der Waals surface area contributed by atoms with Gasteiger partial charge in [0.2, 0.25) is 11.9 Å². The minimum Gasteiger partial charge on any atom is -0.478 e. The number of nitrogens with two attached hydrogens (primary N) is 2. The van der Waals surface area contributed by atoms with Crippen molar-refractivity contribution in [3.05, 3.63) is 23.8 Å². The maximum Gasteiger partial charge on any atom is 0.337 e. The van der Waals surface area contributed by atoms with Gasteiger partial charge >= 0.3 is 5.97 Å². The molecule has 9 nitrogen and oxygen atoms in total. The van der Waals surface area contributed by atoms with E-state index in [1.165, 1.54) is 0 Å². The molecule has 156 valence electrons. The molecule has 3 aliphatic rings. The van der Waals surface area contributed by atoms with E-state index in [9.17, 15) is 9.90 Å². The van der Waals surface area contributed by atoms with Gasteiger partial charge in [-0.1, -0.05) is 6.42 Å². The van der Waals surface area contributed by atoms with Crippen molar-refractivity contribution >= 4 is 29.3 Å². The number of aliphatic imine (C=N–C) groups is 2. The van der Waals surface area contributed by atoms with Crippen LogP contribution in [-0.4, -0.2) is 66.8 Å². The van der Waals surface area contributed by atoms with Crippen LogP contribution in [0.4, 0.5) is 11.4 Å². The molecule has 1 saturated carbocycles. The number of hydrogen-bond donors (Lipinski definition) is 3. The van der Waals surface area contributed by atoms with E-state index in [0.29, 0.717) is 5.69 Å². The van der Waals surface area contributed by atoms with E-state index >= 15 is 0 Å². The first-order valence-electron chi connectivity index (χ1n) is 10.2. The van der Waals surface area contributed by atoms with Gasteiger partial charge in [0, 0.05) is 31.9 Å². The van der Waals surface area contributed by atoms with E-state index in [2.05, 4.69) is 26.8 Å². The Morgan fingerprint density at radius 1 is 1.10 bits per heavy atom. The van der Waals surface area contributed by atoms with Gasteiger partial charge in [-0.2, -0.15) is 4.99 Å². The minimum absolute atomic E-state index is 0.159. The van der Waals surface area contributed by atoms with E-state index in [1.807, 2.05) is 12.1 Å². The number of carboxylic acid groups (broad SMARTS) is 1. The van der Waals surface area contributed by atoms with Gasteiger partial charge in [0.25, 0.3) is 0 Å². The molecule has 4 rings (SSSR count). The first-order valence-corrected chi connectivity index (χ1v) is 10.2. The molecule has 1 aromatic carbocycles. The minimum atomic E-state index is -0.989. The highest BCUT2D eigenvalue weighted by Gasteiger charge is 2.43. The number of anilines is 2. The van der Waals surface area contributed by atoms with E-state index < -0.39 is 11.6 Å². The van der Waals surface area contributed by atoms with Crippen molar-refractivity contribution in [1.29, 1.82) is 0 Å². The first kappa shape index (κ1) is 19.5. The molecule has 29 heavy (non-hydrogen) atoms. The normalized spacial score (nSPS) is 22.4. The Bertz CT molecular complexity index is 852. The number of benzene rings is 1. The lowest BCUT2D eigenvalue weighted by atomic mass is 9.87. The maximum atomic E-state index is 12.2. The molecule has 0 atom stereocenters. The van der Waals surface area contributed by atoms with Crippen molar-refractivity contribution in [3.8, 4) is 0 Å². The molecule has 0 aromatic heterocycles. The van der Waals surface area contributed by atoms with E-state index in [1.54, 1.807) is 11.0 Å². The second kappa shape index (κ2) is 7.55. The van der Waals surface area contributed by atoms with Crippen LogP contribution in [0.25, 0.3) is 0 Å². The van der Waals surface area contributed by atoms with Crippen LogP contribution in [0.2, 0.25) is 0 Å². The van der Waals surface area contributed by atoms with Gasteiger partial charge in [0.05, 0.1) is 11.3 Å². The fourth-order valence-electron chi connectivity index (χ4n) is 4.62. The van der Waals surface area contributed by atoms with Gasteiger partial charge in [-0.15, -0.1) is 0 Å². The number of guanidine groups is 2. The number of rotatable bonds is 3. The van der Waals surface area contributed by atoms with Crippen molar-refractivity contribution < 1.29 is 9.90 Å². The summed E-state index contributed by atoms with van der Waals surface area (Å²) in [5, 5.41) is 9.99. The fraction of sp³-hybridized carbons (Fsp3) is 0.550. The van der Waals surface area contributed by atoms with Crippen LogP contribution in [0.15, 0.2) is 28.2 Å². The number of piperazine rings is 1. The van der Waals surface area contributed by atoms with Crippen molar-refractivity contribution in [2.45, 2.75) is 37.8 Å². The zero-order valence-electron chi connectivity index (χ0n) is 16.8. The summed E-state index contributed by atoms with van der Waals surface area (Å²) < 4.78 is 0. The Kier molecular flexibility index (Phi) is 5.08. The van der Waals surface area contributed by atoms with E-state index in [-0.39, 0.29) is 17.5 Å². The molecule has 0 radical (unpaired) electrons. The number of likely N-dealkylation sites (N-methyl/N-ethyl adjacent to an activating group) is 1. The Balaban J connectivity index is 1.75. The molecule has 1 saturated heterocycles. The van der Waals surface area contributed by atoms with Crippen LogP contribution in [0, 0.1) is 0 Å². The van der Waals surface area contributed by atoms with Crippen LogP contribution in [0.1, 0.15) is 42.5 Å². The Labute approximate surface area is 170 Å². The van der Waals surface area contributed by atoms with Gasteiger partial charge in [-0.05, 0) is 50.9 Å². The summed E-state index contributed by atoms with van der Waals surface area (Å²) in [5.41, 5.74) is 13.2. The summed E-state index contributed by atoms with van der Waals surface area (Å²) in [7, 11) is 2.09. The van der Waals surface area contributed by atoms with Gasteiger partial charge < -0.3 is 26.4 Å². The highest BCUT2D eigenvalue weighted by molar-refractivity contribution is 6.09. The van der Waals surface area contributed by atoms with Crippen LogP contribution in [-0.2, 0) is 0 Å². The highest BCUT2D eigenvalue weighted by atomic mass is 16.4. The highest BCUT2D eigenvalue weighted by Crippen LogP contribution is 2.41. The van der Waals surface area contributed by atoms with Crippen molar-refractivity contribution in [2.24, 2.45) is 21.5 Å². The average molecular weight is 399 g/mol. The summed E-state index contributed by atoms with van der Waals surface area (Å²) in [6.07, 6.45) is 4.63. The van der Waals surface area contributed by atoms with Gasteiger partial charge in [0.1, 0.15) is 5.66 Å². The molecular formula is C20H29N7O2. The summed E-state index contributed by atoms with van der Waals surface area (Å²) in [4.78, 5) is 27.3. The Morgan fingerprint density at radius 2 is 1.79 bits per heavy atom. The largest absolute Gasteiger partial charge is 0.478 e. The van der Waals surface area contributed by atoms with E-state index in [0.717, 1.165) is 64.0 Å². The summed E-state index contributed by atoms with van der Waals surface area (Å²) >= 11 is 0. The van der Waals surface area contributed by atoms with E-state index in [4.69, 9.17) is 11.5 Å². The number of nitrogens with zero attached hydrogens (tertiary/aromatic N) is 5. The first-order chi connectivity index (χ1) is 13.9. The molecule has 2 aliphatic heterocycles. The van der Waals surface area contributed by atoms with Gasteiger partial charge in [-0.25, -0.2) is 9.79 Å². The lowest BCUT2D eigenvalue weighted by Crippen LogP contribution is -2.58. The second-order valence-corrected chi connectivity index (χ2v) is 8.12. The van der Waals surface area contributed by atoms with Crippen molar-refractivity contribution in [1.82, 2.24) is 4.90 Å². The quantitative estimate of drug-likeness (QED) is 0.699. The molecule has 5 N–H and O–H groups in total. The lowest BCUT2D eigenvalue weighted by molar-refractivity contribution is 0.0697.